The van der Waals surface area contributed by atoms with Gasteiger partial charge in [0.25, 0.3) is 0 Å². The third-order valence-electron chi connectivity index (χ3n) is 3.68. The first-order chi connectivity index (χ1) is 7.81. The molecule has 0 aromatic heterocycles. The molecular formula is C12H24ClN3O. The zero-order valence-electron chi connectivity index (χ0n) is 10.7. The highest BCUT2D eigenvalue weighted by molar-refractivity contribution is 5.85. The third-order valence-corrected chi connectivity index (χ3v) is 3.68. The highest BCUT2D eigenvalue weighted by atomic mass is 35.5. The molecule has 4 nitrogen and oxygen atoms in total. The Hall–Kier alpha value is -0.320. The highest BCUT2D eigenvalue weighted by Gasteiger charge is 2.27. The number of halogens is 1. The maximum atomic E-state index is 11.7. The summed E-state index contributed by atoms with van der Waals surface area (Å²) in [5.74, 6) is 0.340. The van der Waals surface area contributed by atoms with Gasteiger partial charge in [0.2, 0.25) is 5.91 Å². The standard InChI is InChI=1S/C12H23N3O.ClH/c1-2-3-12(16)15-8-6-14(7-9-15)11-4-5-13-10-11;/h11,13H,2-10H2,1H3;1H. The van der Waals surface area contributed by atoms with Crippen molar-refractivity contribution in [3.05, 3.63) is 0 Å². The van der Waals surface area contributed by atoms with Gasteiger partial charge in [-0.3, -0.25) is 9.69 Å². The molecule has 1 N–H and O–H groups in total. The van der Waals surface area contributed by atoms with E-state index in [-0.39, 0.29) is 12.4 Å². The zero-order chi connectivity index (χ0) is 11.4. The summed E-state index contributed by atoms with van der Waals surface area (Å²) in [5, 5.41) is 3.40. The van der Waals surface area contributed by atoms with Gasteiger partial charge in [-0.05, 0) is 19.4 Å². The van der Waals surface area contributed by atoms with Crippen LogP contribution in [0.4, 0.5) is 0 Å². The van der Waals surface area contributed by atoms with E-state index in [0.29, 0.717) is 18.4 Å². The van der Waals surface area contributed by atoms with Gasteiger partial charge < -0.3 is 10.2 Å². The molecule has 100 valence electrons. The molecule has 2 aliphatic heterocycles. The van der Waals surface area contributed by atoms with E-state index < -0.39 is 0 Å². The second kappa shape index (κ2) is 7.19. The van der Waals surface area contributed by atoms with Gasteiger partial charge in [0.15, 0.2) is 0 Å². The Morgan fingerprint density at radius 2 is 2.00 bits per heavy atom. The van der Waals surface area contributed by atoms with E-state index in [2.05, 4.69) is 17.1 Å². The van der Waals surface area contributed by atoms with Gasteiger partial charge in [-0.1, -0.05) is 6.92 Å². The van der Waals surface area contributed by atoms with Crippen molar-refractivity contribution >= 4 is 18.3 Å². The van der Waals surface area contributed by atoms with Crippen LogP contribution in [0.25, 0.3) is 0 Å². The maximum Gasteiger partial charge on any atom is 0.222 e. The van der Waals surface area contributed by atoms with Gasteiger partial charge in [-0.2, -0.15) is 0 Å². The van der Waals surface area contributed by atoms with Crippen LogP contribution in [-0.2, 0) is 4.79 Å². The summed E-state index contributed by atoms with van der Waals surface area (Å²) in [5.41, 5.74) is 0. The number of hydrogen-bond acceptors (Lipinski definition) is 3. The molecule has 2 fully saturated rings. The first-order valence-electron chi connectivity index (χ1n) is 6.54. The molecule has 1 unspecified atom stereocenters. The summed E-state index contributed by atoms with van der Waals surface area (Å²) in [7, 11) is 0. The van der Waals surface area contributed by atoms with E-state index in [0.717, 1.165) is 45.7 Å². The van der Waals surface area contributed by atoms with Crippen molar-refractivity contribution < 1.29 is 4.79 Å². The maximum absolute atomic E-state index is 11.7. The van der Waals surface area contributed by atoms with Crippen molar-refractivity contribution in [1.82, 2.24) is 15.1 Å². The molecule has 0 saturated carbocycles. The van der Waals surface area contributed by atoms with Crippen LogP contribution in [0.15, 0.2) is 0 Å². The van der Waals surface area contributed by atoms with E-state index in [1.165, 1.54) is 6.42 Å². The molecule has 2 saturated heterocycles. The normalized spacial score (nSPS) is 25.7. The summed E-state index contributed by atoms with van der Waals surface area (Å²) < 4.78 is 0. The molecule has 2 heterocycles. The summed E-state index contributed by atoms with van der Waals surface area (Å²) in [4.78, 5) is 16.3. The SMILES string of the molecule is CCCC(=O)N1CCN(C2CCNC2)CC1.Cl. The number of piperazine rings is 1. The number of nitrogens with one attached hydrogen (secondary N) is 1. The number of carbonyl (C=O) groups is 1. The van der Waals surface area contributed by atoms with E-state index in [9.17, 15) is 4.79 Å². The minimum absolute atomic E-state index is 0. The Labute approximate surface area is 110 Å². The minimum Gasteiger partial charge on any atom is -0.340 e. The second-order valence-electron chi connectivity index (χ2n) is 4.81. The van der Waals surface area contributed by atoms with Gasteiger partial charge >= 0.3 is 0 Å². The summed E-state index contributed by atoms with van der Waals surface area (Å²) >= 11 is 0. The van der Waals surface area contributed by atoms with Crippen molar-refractivity contribution in [1.29, 1.82) is 0 Å². The van der Waals surface area contributed by atoms with Crippen LogP contribution in [0.3, 0.4) is 0 Å². The molecule has 17 heavy (non-hydrogen) atoms. The second-order valence-corrected chi connectivity index (χ2v) is 4.81. The van der Waals surface area contributed by atoms with Gasteiger partial charge in [-0.15, -0.1) is 12.4 Å². The van der Waals surface area contributed by atoms with Crippen molar-refractivity contribution in [3.63, 3.8) is 0 Å². The molecule has 2 rings (SSSR count). The Balaban J connectivity index is 0.00000144. The monoisotopic (exact) mass is 261 g/mol. The van der Waals surface area contributed by atoms with E-state index in [1.807, 2.05) is 4.90 Å². The Morgan fingerprint density at radius 3 is 2.53 bits per heavy atom. The fourth-order valence-electron chi connectivity index (χ4n) is 2.66. The molecule has 2 aliphatic rings. The lowest BCUT2D eigenvalue weighted by atomic mass is 10.2. The molecule has 0 aromatic rings. The number of amides is 1. The lowest BCUT2D eigenvalue weighted by molar-refractivity contribution is -0.133. The minimum atomic E-state index is 0. The van der Waals surface area contributed by atoms with Crippen LogP contribution in [0.1, 0.15) is 26.2 Å². The van der Waals surface area contributed by atoms with Crippen LogP contribution < -0.4 is 5.32 Å². The molecule has 5 heteroatoms. The molecule has 0 aromatic carbocycles. The van der Waals surface area contributed by atoms with Gasteiger partial charge in [0.05, 0.1) is 0 Å². The third kappa shape index (κ3) is 3.83. The topological polar surface area (TPSA) is 35.6 Å². The largest absolute Gasteiger partial charge is 0.340 e. The Bertz CT molecular complexity index is 236. The van der Waals surface area contributed by atoms with Crippen molar-refractivity contribution in [2.45, 2.75) is 32.2 Å². The average molecular weight is 262 g/mol. The number of hydrogen-bond donors (Lipinski definition) is 1. The predicted octanol–water partition coefficient (Wildman–Crippen LogP) is 0.714. The van der Waals surface area contributed by atoms with Crippen molar-refractivity contribution in [3.8, 4) is 0 Å². The fourth-order valence-corrected chi connectivity index (χ4v) is 2.66. The summed E-state index contributed by atoms with van der Waals surface area (Å²) in [6.07, 6.45) is 2.94. The molecule has 1 atom stereocenters. The molecule has 0 bridgehead atoms. The number of rotatable bonds is 3. The predicted molar refractivity (Wildman–Crippen MR) is 71.6 cm³/mol. The first-order valence-corrected chi connectivity index (χ1v) is 6.54. The average Bonchev–Trinajstić information content (AvgIpc) is 2.83. The molecule has 0 radical (unpaired) electrons. The van der Waals surface area contributed by atoms with Crippen LogP contribution >= 0.6 is 12.4 Å². The van der Waals surface area contributed by atoms with Crippen LogP contribution in [0.2, 0.25) is 0 Å². The van der Waals surface area contributed by atoms with E-state index >= 15 is 0 Å². The van der Waals surface area contributed by atoms with Gasteiger partial charge in [0, 0.05) is 45.2 Å². The highest BCUT2D eigenvalue weighted by Crippen LogP contribution is 2.12. The zero-order valence-corrected chi connectivity index (χ0v) is 11.5. The lowest BCUT2D eigenvalue weighted by Gasteiger charge is -2.37. The summed E-state index contributed by atoms with van der Waals surface area (Å²) in [6, 6.07) is 0.712. The van der Waals surface area contributed by atoms with Crippen LogP contribution in [0, 0.1) is 0 Å². The number of carbonyl (C=O) groups excluding carboxylic acids is 1. The van der Waals surface area contributed by atoms with Gasteiger partial charge in [-0.25, -0.2) is 0 Å². The smallest absolute Gasteiger partial charge is 0.222 e. The number of nitrogens with zero attached hydrogens (tertiary/aromatic N) is 2. The quantitative estimate of drug-likeness (QED) is 0.813. The lowest BCUT2D eigenvalue weighted by Crippen LogP contribution is -2.52. The van der Waals surface area contributed by atoms with Gasteiger partial charge in [0.1, 0.15) is 0 Å². The first kappa shape index (κ1) is 14.7. The van der Waals surface area contributed by atoms with Crippen molar-refractivity contribution in [2.75, 3.05) is 39.3 Å². The van der Waals surface area contributed by atoms with Crippen LogP contribution in [0.5, 0.6) is 0 Å². The van der Waals surface area contributed by atoms with E-state index in [1.54, 1.807) is 0 Å². The molecule has 1 amide bonds. The fraction of sp³-hybridized carbons (Fsp3) is 0.917. The summed E-state index contributed by atoms with van der Waals surface area (Å²) in [6.45, 7) is 8.31. The van der Waals surface area contributed by atoms with Crippen LogP contribution in [-0.4, -0.2) is 61.0 Å². The molecule has 0 aliphatic carbocycles. The Morgan fingerprint density at radius 1 is 1.29 bits per heavy atom. The Kier molecular flexibility index (Phi) is 6.23. The molecule has 0 spiro atoms. The van der Waals surface area contributed by atoms with Crippen molar-refractivity contribution in [2.24, 2.45) is 0 Å². The van der Waals surface area contributed by atoms with E-state index in [4.69, 9.17) is 0 Å². The molecular weight excluding hydrogens is 238 g/mol.